The number of aliphatic imine (C=N–C) groups is 1. The molecular weight excluding hydrogens is 444 g/mol. The number of carbonyl (C=O) groups excluding carboxylic acids is 1. The Morgan fingerprint density at radius 1 is 1.09 bits per heavy atom. The van der Waals surface area contributed by atoms with Gasteiger partial charge in [0.1, 0.15) is 32.0 Å². The molecule has 0 spiro atoms. The summed E-state index contributed by atoms with van der Waals surface area (Å²) in [6.45, 7) is 11.4. The van der Waals surface area contributed by atoms with Crippen molar-refractivity contribution >= 4 is 17.3 Å². The number of aryl methyl sites for hydroxylation is 3. The molecular formula is C28H35N2O5+. The van der Waals surface area contributed by atoms with E-state index in [0.29, 0.717) is 56.5 Å². The fourth-order valence-electron chi connectivity index (χ4n) is 5.12. The minimum atomic E-state index is -0.375. The Bertz CT molecular complexity index is 1170. The third kappa shape index (κ3) is 5.03. The van der Waals surface area contributed by atoms with Crippen LogP contribution in [0.3, 0.4) is 0 Å². The molecule has 2 aromatic carbocycles. The first-order chi connectivity index (χ1) is 16.8. The van der Waals surface area contributed by atoms with Gasteiger partial charge in [-0.05, 0) is 68.1 Å². The number of nitrogens with zero attached hydrogens (tertiary/aromatic N) is 2. The predicted molar refractivity (Wildman–Crippen MR) is 135 cm³/mol. The van der Waals surface area contributed by atoms with E-state index in [0.717, 1.165) is 33.4 Å². The molecule has 0 bridgehead atoms. The number of rotatable bonds is 7. The van der Waals surface area contributed by atoms with Gasteiger partial charge in [-0.3, -0.25) is 4.99 Å². The number of carbonyl (C=O) groups is 1. The monoisotopic (exact) mass is 479 g/mol. The van der Waals surface area contributed by atoms with E-state index in [1.54, 1.807) is 7.05 Å². The number of hydrogen-bond donors (Lipinski definition) is 1. The number of ether oxygens (including phenoxy) is 3. The molecule has 0 aromatic heterocycles. The SMILES string of the molecule is CCOC(=O)C1=C(c2c(C)cc(C)cc2C)c2ccc(OCC[N+]3(O)CCOCC3)cc2C1=NC. The van der Waals surface area contributed by atoms with Gasteiger partial charge >= 0.3 is 5.97 Å². The Hall–Kier alpha value is -3.00. The number of quaternary nitrogens is 1. The molecule has 4 rings (SSSR count). The number of hydroxylamine groups is 3. The van der Waals surface area contributed by atoms with Crippen LogP contribution in [0.2, 0.25) is 0 Å². The van der Waals surface area contributed by atoms with Crippen molar-refractivity contribution in [1.82, 2.24) is 0 Å². The molecule has 1 fully saturated rings. The highest BCUT2D eigenvalue weighted by molar-refractivity contribution is 6.37. The van der Waals surface area contributed by atoms with Crippen LogP contribution < -0.4 is 4.74 Å². The van der Waals surface area contributed by atoms with E-state index in [-0.39, 0.29) is 17.2 Å². The third-order valence-electron chi connectivity index (χ3n) is 6.71. The van der Waals surface area contributed by atoms with Gasteiger partial charge < -0.3 is 14.2 Å². The third-order valence-corrected chi connectivity index (χ3v) is 6.71. The highest BCUT2D eigenvalue weighted by Crippen LogP contribution is 2.42. The molecule has 1 aliphatic heterocycles. The highest BCUT2D eigenvalue weighted by atomic mass is 16.6. The summed E-state index contributed by atoms with van der Waals surface area (Å²) in [4.78, 5) is 17.7. The predicted octanol–water partition coefficient (Wildman–Crippen LogP) is 4.02. The lowest BCUT2D eigenvalue weighted by Crippen LogP contribution is -2.54. The zero-order chi connectivity index (χ0) is 25.2. The van der Waals surface area contributed by atoms with Crippen LogP contribution in [0.5, 0.6) is 5.75 Å². The smallest absolute Gasteiger partial charge is 0.340 e. The van der Waals surface area contributed by atoms with E-state index in [1.807, 2.05) is 25.1 Å². The largest absolute Gasteiger partial charge is 0.488 e. The standard InChI is InChI=1S/C28H35N2O5/c1-6-34-28(31)26-25(24-19(3)15-18(2)16-20(24)4)22-8-7-21(17-23(22)27(26)29-5)35-14-11-30(32)9-12-33-13-10-30/h7-8,15-17,32H,6,9-14H2,1-5H3/q+1. The molecule has 0 amide bonds. The second-order valence-electron chi connectivity index (χ2n) is 9.25. The van der Waals surface area contributed by atoms with Crippen molar-refractivity contribution in [3.8, 4) is 5.75 Å². The van der Waals surface area contributed by atoms with Crippen LogP contribution in [0.1, 0.15) is 40.3 Å². The van der Waals surface area contributed by atoms with E-state index in [9.17, 15) is 10.0 Å². The van der Waals surface area contributed by atoms with Crippen molar-refractivity contribution < 1.29 is 28.9 Å². The molecule has 0 saturated carbocycles. The molecule has 0 atom stereocenters. The van der Waals surface area contributed by atoms with Crippen molar-refractivity contribution in [3.05, 3.63) is 69.3 Å². The van der Waals surface area contributed by atoms with E-state index >= 15 is 0 Å². The average Bonchev–Trinajstić information content (AvgIpc) is 3.12. The maximum absolute atomic E-state index is 13.2. The van der Waals surface area contributed by atoms with Crippen LogP contribution in [-0.4, -0.2) is 74.6 Å². The second kappa shape index (κ2) is 10.3. The van der Waals surface area contributed by atoms with E-state index in [1.165, 1.54) is 5.56 Å². The van der Waals surface area contributed by atoms with Gasteiger partial charge in [-0.1, -0.05) is 17.7 Å². The number of esters is 1. The van der Waals surface area contributed by atoms with Crippen molar-refractivity contribution in [2.45, 2.75) is 27.7 Å². The number of hydrogen-bond acceptors (Lipinski definition) is 6. The highest BCUT2D eigenvalue weighted by Gasteiger charge is 2.35. The molecule has 7 heteroatoms. The first-order valence-corrected chi connectivity index (χ1v) is 12.2. The summed E-state index contributed by atoms with van der Waals surface area (Å²) in [6, 6.07) is 10.1. The summed E-state index contributed by atoms with van der Waals surface area (Å²) >= 11 is 0. The van der Waals surface area contributed by atoms with Gasteiger partial charge in [0, 0.05) is 18.2 Å². The zero-order valence-electron chi connectivity index (χ0n) is 21.3. The molecule has 1 aliphatic carbocycles. The van der Waals surface area contributed by atoms with Gasteiger partial charge in [0.25, 0.3) is 0 Å². The molecule has 1 saturated heterocycles. The van der Waals surface area contributed by atoms with Gasteiger partial charge in [-0.25, -0.2) is 10.0 Å². The van der Waals surface area contributed by atoms with Crippen LogP contribution in [0, 0.1) is 20.8 Å². The normalized spacial score (nSPS) is 18.1. The summed E-state index contributed by atoms with van der Waals surface area (Å²) in [5.41, 5.74) is 8.16. The fourth-order valence-corrected chi connectivity index (χ4v) is 5.12. The topological polar surface area (TPSA) is 77.4 Å². The Kier molecular flexibility index (Phi) is 7.40. The van der Waals surface area contributed by atoms with Crippen LogP contribution in [0.15, 0.2) is 40.9 Å². The van der Waals surface area contributed by atoms with Crippen LogP contribution >= 0.6 is 0 Å². The average molecular weight is 480 g/mol. The second-order valence-corrected chi connectivity index (χ2v) is 9.25. The molecule has 0 unspecified atom stereocenters. The quantitative estimate of drug-likeness (QED) is 0.479. The van der Waals surface area contributed by atoms with Crippen LogP contribution in [0.25, 0.3) is 5.57 Å². The first kappa shape index (κ1) is 25.1. The van der Waals surface area contributed by atoms with Crippen molar-refractivity contribution in [1.29, 1.82) is 0 Å². The summed E-state index contributed by atoms with van der Waals surface area (Å²) in [5.74, 6) is 0.298. The molecule has 2 aliphatic rings. The van der Waals surface area contributed by atoms with E-state index in [2.05, 4.69) is 37.9 Å². The maximum Gasteiger partial charge on any atom is 0.340 e. The molecule has 1 heterocycles. The van der Waals surface area contributed by atoms with Gasteiger partial charge in [0.15, 0.2) is 0 Å². The van der Waals surface area contributed by atoms with Gasteiger partial charge in [0.2, 0.25) is 0 Å². The molecule has 7 nitrogen and oxygen atoms in total. The lowest BCUT2D eigenvalue weighted by molar-refractivity contribution is -1.11. The van der Waals surface area contributed by atoms with Gasteiger partial charge in [-0.15, -0.1) is 0 Å². The van der Waals surface area contributed by atoms with Crippen LogP contribution in [0.4, 0.5) is 0 Å². The number of fused-ring (bicyclic) bond motifs is 1. The lowest BCUT2D eigenvalue weighted by Gasteiger charge is -2.33. The van der Waals surface area contributed by atoms with E-state index in [4.69, 9.17) is 14.2 Å². The van der Waals surface area contributed by atoms with E-state index < -0.39 is 0 Å². The summed E-state index contributed by atoms with van der Waals surface area (Å²) < 4.78 is 16.8. The first-order valence-electron chi connectivity index (χ1n) is 12.2. The van der Waals surface area contributed by atoms with Crippen molar-refractivity contribution in [3.63, 3.8) is 0 Å². The Balaban J connectivity index is 1.71. The molecule has 186 valence electrons. The minimum Gasteiger partial charge on any atom is -0.488 e. The molecule has 0 radical (unpaired) electrons. The number of morpholine rings is 1. The Morgan fingerprint density at radius 3 is 2.40 bits per heavy atom. The van der Waals surface area contributed by atoms with Gasteiger partial charge in [0.05, 0.1) is 31.1 Å². The fraction of sp³-hybridized carbons (Fsp3) is 0.429. The van der Waals surface area contributed by atoms with Crippen LogP contribution in [-0.2, 0) is 14.3 Å². The summed E-state index contributed by atoms with van der Waals surface area (Å²) in [5, 5.41) is 10.7. The van der Waals surface area contributed by atoms with Gasteiger partial charge in [-0.2, -0.15) is 4.65 Å². The molecule has 35 heavy (non-hydrogen) atoms. The van der Waals surface area contributed by atoms with Crippen molar-refractivity contribution in [2.24, 2.45) is 4.99 Å². The zero-order valence-corrected chi connectivity index (χ0v) is 21.3. The molecule has 1 N–H and O–H groups in total. The minimum absolute atomic E-state index is 0.0443. The Labute approximate surface area is 207 Å². The Morgan fingerprint density at radius 2 is 1.77 bits per heavy atom. The lowest BCUT2D eigenvalue weighted by atomic mass is 9.89. The summed E-state index contributed by atoms with van der Waals surface area (Å²) in [7, 11) is 1.70. The number of benzene rings is 2. The van der Waals surface area contributed by atoms with Crippen molar-refractivity contribution in [2.75, 3.05) is 53.1 Å². The molecule has 2 aromatic rings. The maximum atomic E-state index is 13.2. The summed E-state index contributed by atoms with van der Waals surface area (Å²) in [6.07, 6.45) is 0.